The van der Waals surface area contributed by atoms with Gasteiger partial charge in [0.05, 0.1) is 12.1 Å². The molecule has 2 aliphatic rings. The standard InChI is InChI=1S/C57H74N10O11/c1-31(2)24-43(53(73)65-49(33(5)68)56(76)67-23-11-17-48(67)55(75)66-22-10-16-47(66)54(74)64-46(57(77)78)25-32(3)4)62-52(72)45(28-36-30-60-42-15-9-7-13-39(36)42)63-51(71)44(27-35-29-59-41-14-8-6-12-38(35)41)61-50(70)40(58)26-34-18-20-37(69)21-19-34/h6-9,12-15,18-21,29-33,40,43-49,59-60,68-69H,10-11,16-17,22-28,58H2,1-5H3,(H,61,70)(H,62,72)(H,63,71)(H,64,74)(H,65,73)(H,77,78)/t33-,40+,43+,44+,45+,46+,47+,48+,49+/m1/s1. The molecule has 0 saturated carbocycles. The van der Waals surface area contributed by atoms with E-state index in [9.17, 15) is 53.7 Å². The second-order valence-corrected chi connectivity index (χ2v) is 21.6. The van der Waals surface area contributed by atoms with Gasteiger partial charge < -0.3 is 67.4 Å². The Kier molecular flexibility index (Phi) is 19.3. The summed E-state index contributed by atoms with van der Waals surface area (Å²) < 4.78 is 0. The minimum absolute atomic E-state index is 0.00878. The predicted molar refractivity (Wildman–Crippen MR) is 291 cm³/mol. The smallest absolute Gasteiger partial charge is 0.326 e. The summed E-state index contributed by atoms with van der Waals surface area (Å²) in [4.78, 5) is 121. The van der Waals surface area contributed by atoms with Crippen LogP contribution in [0, 0.1) is 11.8 Å². The SMILES string of the molecule is CC(C)C[C@H](NC(=O)[C@@H]1CCCN1C(=O)[C@@H]1CCCN1C(=O)[C@@H](NC(=O)[C@H](CC(C)C)NC(=O)[C@H](Cc1c[nH]c2ccccc12)NC(=O)[C@H](Cc1c[nH]c2ccccc12)NC(=O)[C@@H](N)Cc1ccc(O)cc1)[C@@H](C)O)C(=O)O. The number of carbonyl (C=O) groups is 8. The zero-order valence-corrected chi connectivity index (χ0v) is 44.8. The summed E-state index contributed by atoms with van der Waals surface area (Å²) >= 11 is 0. The molecule has 78 heavy (non-hydrogen) atoms. The van der Waals surface area contributed by atoms with E-state index in [1.165, 1.54) is 28.9 Å². The number of amides is 7. The number of aliphatic hydroxyl groups is 1. The van der Waals surface area contributed by atoms with Gasteiger partial charge in [-0.2, -0.15) is 0 Å². The van der Waals surface area contributed by atoms with Crippen molar-refractivity contribution in [2.75, 3.05) is 13.1 Å². The number of rotatable bonds is 24. The van der Waals surface area contributed by atoms with E-state index in [-0.39, 0.29) is 69.2 Å². The third kappa shape index (κ3) is 14.4. The number of H-pyrrole nitrogens is 2. The minimum atomic E-state index is -1.57. The van der Waals surface area contributed by atoms with Gasteiger partial charge in [0.2, 0.25) is 41.4 Å². The molecule has 4 heterocycles. The molecular formula is C57H74N10O11. The van der Waals surface area contributed by atoms with Crippen molar-refractivity contribution in [2.45, 2.75) is 147 Å². The lowest BCUT2D eigenvalue weighted by molar-refractivity contribution is -0.150. The molecule has 418 valence electrons. The Morgan fingerprint density at radius 2 is 1.09 bits per heavy atom. The van der Waals surface area contributed by atoms with Crippen LogP contribution in [0.25, 0.3) is 21.8 Å². The van der Waals surface area contributed by atoms with Crippen LogP contribution in [-0.4, -0.2) is 150 Å². The molecule has 0 aliphatic carbocycles. The number of carboxylic acids is 1. The van der Waals surface area contributed by atoms with Crippen LogP contribution < -0.4 is 32.3 Å². The molecule has 7 rings (SSSR count). The molecule has 2 aliphatic heterocycles. The number of aromatic hydroxyl groups is 1. The molecule has 0 bridgehead atoms. The zero-order chi connectivity index (χ0) is 56.4. The molecule has 2 fully saturated rings. The predicted octanol–water partition coefficient (Wildman–Crippen LogP) is 2.67. The maximum absolute atomic E-state index is 14.9. The number of carbonyl (C=O) groups excluding carboxylic acids is 7. The molecule has 0 spiro atoms. The van der Waals surface area contributed by atoms with Crippen molar-refractivity contribution in [3.8, 4) is 5.75 Å². The highest BCUT2D eigenvalue weighted by molar-refractivity contribution is 5.99. The van der Waals surface area contributed by atoms with Crippen LogP contribution in [0.5, 0.6) is 5.75 Å². The van der Waals surface area contributed by atoms with E-state index >= 15 is 0 Å². The van der Waals surface area contributed by atoms with E-state index in [4.69, 9.17) is 5.73 Å². The minimum Gasteiger partial charge on any atom is -0.508 e. The lowest BCUT2D eigenvalue weighted by Crippen LogP contribution is -2.62. The first kappa shape index (κ1) is 57.9. The lowest BCUT2D eigenvalue weighted by atomic mass is 9.99. The van der Waals surface area contributed by atoms with Gasteiger partial charge in [-0.05, 0) is 105 Å². The lowest BCUT2D eigenvalue weighted by Gasteiger charge is -2.34. The van der Waals surface area contributed by atoms with Crippen LogP contribution in [0.3, 0.4) is 0 Å². The Morgan fingerprint density at radius 3 is 1.63 bits per heavy atom. The fraction of sp³-hybridized carbons (Fsp3) is 0.474. The molecule has 2 aromatic heterocycles. The van der Waals surface area contributed by atoms with Gasteiger partial charge in [0, 0.05) is 60.1 Å². The highest BCUT2D eigenvalue weighted by atomic mass is 16.4. The monoisotopic (exact) mass is 1070 g/mol. The van der Waals surface area contributed by atoms with Crippen LogP contribution in [0.2, 0.25) is 0 Å². The van der Waals surface area contributed by atoms with E-state index in [0.29, 0.717) is 36.0 Å². The van der Waals surface area contributed by atoms with Gasteiger partial charge in [0.25, 0.3) is 0 Å². The first-order chi connectivity index (χ1) is 37.2. The topological polar surface area (TPSA) is 321 Å². The van der Waals surface area contributed by atoms with Crippen molar-refractivity contribution < 1.29 is 53.7 Å². The molecule has 7 amide bonds. The van der Waals surface area contributed by atoms with Crippen molar-refractivity contribution in [3.63, 3.8) is 0 Å². The molecule has 2 saturated heterocycles. The third-order valence-corrected chi connectivity index (χ3v) is 14.6. The van der Waals surface area contributed by atoms with Gasteiger partial charge in [-0.25, -0.2) is 4.79 Å². The van der Waals surface area contributed by atoms with Crippen molar-refractivity contribution in [3.05, 3.63) is 102 Å². The normalized spacial score (nSPS) is 18.2. The van der Waals surface area contributed by atoms with Crippen LogP contribution in [-0.2, 0) is 57.6 Å². The number of aliphatic hydroxyl groups excluding tert-OH is 1. The van der Waals surface area contributed by atoms with Gasteiger partial charge in [-0.1, -0.05) is 76.2 Å². The van der Waals surface area contributed by atoms with Crippen LogP contribution in [0.1, 0.15) is 89.8 Å². The average Bonchev–Trinajstić information content (AvgIpc) is 4.26. The molecular weight excluding hydrogens is 1000 g/mol. The molecule has 0 radical (unpaired) electrons. The fourth-order valence-electron chi connectivity index (χ4n) is 10.5. The summed E-state index contributed by atoms with van der Waals surface area (Å²) in [6.07, 6.45) is 3.70. The van der Waals surface area contributed by atoms with E-state index < -0.39 is 102 Å². The highest BCUT2D eigenvalue weighted by Crippen LogP contribution is 2.27. The second kappa shape index (κ2) is 26.0. The maximum Gasteiger partial charge on any atom is 0.326 e. The Hall–Kier alpha value is -7.78. The number of hydrogen-bond acceptors (Lipinski definition) is 11. The third-order valence-electron chi connectivity index (χ3n) is 14.6. The number of nitrogens with zero attached hydrogens (tertiary/aromatic N) is 2. The molecule has 21 heteroatoms. The number of aliphatic carboxylic acids is 1. The highest BCUT2D eigenvalue weighted by Gasteiger charge is 2.45. The fourth-order valence-corrected chi connectivity index (χ4v) is 10.5. The van der Waals surface area contributed by atoms with Crippen LogP contribution >= 0.6 is 0 Å². The largest absolute Gasteiger partial charge is 0.508 e. The Bertz CT molecular complexity index is 2950. The van der Waals surface area contributed by atoms with Crippen LogP contribution in [0.4, 0.5) is 0 Å². The van der Waals surface area contributed by atoms with E-state index in [1.807, 2.05) is 76.2 Å². The summed E-state index contributed by atoms with van der Waals surface area (Å²) in [5, 5.41) is 46.1. The molecule has 12 N–H and O–H groups in total. The van der Waals surface area contributed by atoms with E-state index in [0.717, 1.165) is 21.8 Å². The number of fused-ring (bicyclic) bond motifs is 2. The number of likely N-dealkylation sites (tertiary alicyclic amines) is 2. The van der Waals surface area contributed by atoms with Gasteiger partial charge in [-0.3, -0.25) is 33.6 Å². The Labute approximate surface area is 452 Å². The number of carboxylic acid groups (broad SMARTS) is 1. The zero-order valence-electron chi connectivity index (χ0n) is 44.8. The number of aromatic amines is 2. The summed E-state index contributed by atoms with van der Waals surface area (Å²) in [7, 11) is 0. The van der Waals surface area contributed by atoms with E-state index in [2.05, 4.69) is 36.6 Å². The summed E-state index contributed by atoms with van der Waals surface area (Å²) in [6, 6.07) is 11.4. The molecule has 9 atom stereocenters. The molecule has 0 unspecified atom stereocenters. The number of nitrogens with one attached hydrogen (secondary N) is 7. The molecule has 21 nitrogen and oxygen atoms in total. The van der Waals surface area contributed by atoms with Gasteiger partial charge in [0.15, 0.2) is 0 Å². The summed E-state index contributed by atoms with van der Waals surface area (Å²) in [5.74, 6) is -6.15. The number of benzene rings is 3. The van der Waals surface area contributed by atoms with Crippen molar-refractivity contribution in [1.82, 2.24) is 46.4 Å². The van der Waals surface area contributed by atoms with Gasteiger partial charge in [0.1, 0.15) is 48.0 Å². The number of phenolic OH excluding ortho intramolecular Hbond substituents is 1. The quantitative estimate of drug-likeness (QED) is 0.0425. The summed E-state index contributed by atoms with van der Waals surface area (Å²) in [5.41, 5.74) is 10.0. The van der Waals surface area contributed by atoms with Crippen molar-refractivity contribution in [1.29, 1.82) is 0 Å². The van der Waals surface area contributed by atoms with E-state index in [1.54, 1.807) is 24.5 Å². The number of hydrogen-bond donors (Lipinski definition) is 11. The first-order valence-corrected chi connectivity index (χ1v) is 26.9. The van der Waals surface area contributed by atoms with Gasteiger partial charge in [-0.15, -0.1) is 0 Å². The second-order valence-electron chi connectivity index (χ2n) is 21.6. The number of nitrogens with two attached hydrogens (primary N) is 1. The first-order valence-electron chi connectivity index (χ1n) is 26.9. The maximum atomic E-state index is 14.9. The Balaban J connectivity index is 1.10. The molecule has 5 aromatic rings. The van der Waals surface area contributed by atoms with Crippen molar-refractivity contribution in [2.24, 2.45) is 17.6 Å². The average molecular weight is 1080 g/mol. The Morgan fingerprint density at radius 1 is 0.603 bits per heavy atom. The molecule has 3 aromatic carbocycles. The van der Waals surface area contributed by atoms with Crippen LogP contribution in [0.15, 0.2) is 85.2 Å². The number of para-hydroxylation sites is 2. The van der Waals surface area contributed by atoms with Crippen molar-refractivity contribution >= 4 is 69.1 Å². The number of phenols is 1. The summed E-state index contributed by atoms with van der Waals surface area (Å²) in [6.45, 7) is 8.98. The van der Waals surface area contributed by atoms with Gasteiger partial charge >= 0.3 is 5.97 Å². The number of aromatic nitrogens is 2.